The van der Waals surface area contributed by atoms with Gasteiger partial charge in [-0.15, -0.1) is 0 Å². The summed E-state index contributed by atoms with van der Waals surface area (Å²) in [6.45, 7) is 9.94. The van der Waals surface area contributed by atoms with Crippen molar-refractivity contribution in [2.45, 2.75) is 77.7 Å². The Morgan fingerprint density at radius 1 is 1.04 bits per heavy atom. The molecule has 0 saturated heterocycles. The first-order valence-electron chi connectivity index (χ1n) is 9.67. The summed E-state index contributed by atoms with van der Waals surface area (Å²) in [5.74, 6) is 1.81. The van der Waals surface area contributed by atoms with Gasteiger partial charge in [0.15, 0.2) is 0 Å². The van der Waals surface area contributed by atoms with E-state index in [-0.39, 0.29) is 0 Å². The van der Waals surface area contributed by atoms with Gasteiger partial charge in [-0.3, -0.25) is 0 Å². The first-order valence-corrected chi connectivity index (χ1v) is 9.67. The van der Waals surface area contributed by atoms with E-state index < -0.39 is 0 Å². The van der Waals surface area contributed by atoms with Gasteiger partial charge in [-0.05, 0) is 69.7 Å². The quantitative estimate of drug-likeness (QED) is 0.548. The van der Waals surface area contributed by atoms with E-state index in [1.54, 1.807) is 0 Å². The molecular weight excluding hydrogens is 282 g/mol. The molecule has 0 atom stereocenters. The van der Waals surface area contributed by atoms with Crippen LogP contribution in [-0.4, -0.2) is 30.6 Å². The van der Waals surface area contributed by atoms with Crippen LogP contribution >= 0.6 is 0 Å². The van der Waals surface area contributed by atoms with Gasteiger partial charge in [0.2, 0.25) is 0 Å². The fourth-order valence-corrected chi connectivity index (χ4v) is 3.65. The van der Waals surface area contributed by atoms with Gasteiger partial charge in [0.25, 0.3) is 0 Å². The zero-order chi connectivity index (χ0) is 16.5. The van der Waals surface area contributed by atoms with E-state index in [9.17, 15) is 0 Å². The number of hydrogen-bond donors (Lipinski definition) is 0. The molecule has 0 radical (unpaired) electrons. The predicted octanol–water partition coefficient (Wildman–Crippen LogP) is 5.62. The Bertz CT molecular complexity index is 420. The molecule has 0 aromatic heterocycles. The minimum atomic E-state index is 0.629. The number of rotatable bonds is 9. The van der Waals surface area contributed by atoms with Gasteiger partial charge in [0.1, 0.15) is 5.75 Å². The van der Waals surface area contributed by atoms with E-state index in [1.165, 1.54) is 50.6 Å². The van der Waals surface area contributed by atoms with Crippen LogP contribution in [0.1, 0.15) is 77.2 Å². The molecule has 23 heavy (non-hydrogen) atoms. The van der Waals surface area contributed by atoms with Gasteiger partial charge in [-0.25, -0.2) is 0 Å². The van der Waals surface area contributed by atoms with Gasteiger partial charge in [-0.2, -0.15) is 0 Å². The van der Waals surface area contributed by atoms with E-state index in [0.29, 0.717) is 6.04 Å². The molecule has 2 nitrogen and oxygen atoms in total. The Labute approximate surface area is 143 Å². The monoisotopic (exact) mass is 317 g/mol. The molecule has 0 amide bonds. The van der Waals surface area contributed by atoms with Crippen molar-refractivity contribution in [3.63, 3.8) is 0 Å². The maximum Gasteiger partial charge on any atom is 0.119 e. The minimum Gasteiger partial charge on any atom is -0.494 e. The third kappa shape index (κ3) is 6.18. The molecule has 130 valence electrons. The summed E-state index contributed by atoms with van der Waals surface area (Å²) in [7, 11) is 0. The normalized spacial score (nSPS) is 16.2. The van der Waals surface area contributed by atoms with Crippen LogP contribution in [0.4, 0.5) is 0 Å². The first kappa shape index (κ1) is 18.3. The van der Waals surface area contributed by atoms with Gasteiger partial charge in [0, 0.05) is 12.6 Å². The summed E-state index contributed by atoms with van der Waals surface area (Å²) in [6, 6.07) is 9.52. The van der Waals surface area contributed by atoms with Crippen LogP contribution in [0.3, 0.4) is 0 Å². The van der Waals surface area contributed by atoms with Crippen molar-refractivity contribution in [2.75, 3.05) is 19.7 Å². The highest BCUT2D eigenvalue weighted by atomic mass is 16.5. The maximum atomic E-state index is 5.93. The molecule has 2 heteroatoms. The maximum absolute atomic E-state index is 5.93. The molecule has 2 rings (SSSR count). The fourth-order valence-electron chi connectivity index (χ4n) is 3.65. The summed E-state index contributed by atoms with van der Waals surface area (Å²) >= 11 is 0. The van der Waals surface area contributed by atoms with Crippen molar-refractivity contribution in [1.82, 2.24) is 4.90 Å². The molecule has 1 aromatic rings. The standard InChI is InChI=1S/C21H35NO/c1-4-15-22(18(2)3)16-8-17-23-21-13-11-20(12-14-21)19-9-6-5-7-10-19/h11-14,18-19H,4-10,15-17H2,1-3H3. The first-order chi connectivity index (χ1) is 11.2. The summed E-state index contributed by atoms with van der Waals surface area (Å²) in [5, 5.41) is 0. The van der Waals surface area contributed by atoms with Gasteiger partial charge in [-0.1, -0.05) is 38.3 Å². The molecule has 0 heterocycles. The highest BCUT2D eigenvalue weighted by Crippen LogP contribution is 2.33. The molecule has 1 aliphatic carbocycles. The smallest absolute Gasteiger partial charge is 0.119 e. The van der Waals surface area contributed by atoms with E-state index in [4.69, 9.17) is 4.74 Å². The lowest BCUT2D eigenvalue weighted by molar-refractivity contribution is 0.198. The molecule has 0 bridgehead atoms. The number of benzene rings is 1. The van der Waals surface area contributed by atoms with Crippen LogP contribution in [-0.2, 0) is 0 Å². The second kappa shape index (κ2) is 9.97. The van der Waals surface area contributed by atoms with Crippen molar-refractivity contribution in [3.05, 3.63) is 29.8 Å². The molecule has 0 N–H and O–H groups in total. The molecular formula is C21H35NO. The molecule has 0 spiro atoms. The molecule has 1 aromatic carbocycles. The van der Waals surface area contributed by atoms with Crippen LogP contribution in [0.2, 0.25) is 0 Å². The Morgan fingerprint density at radius 2 is 1.74 bits per heavy atom. The van der Waals surface area contributed by atoms with Crippen molar-refractivity contribution in [3.8, 4) is 5.75 Å². The second-order valence-electron chi connectivity index (χ2n) is 7.24. The Balaban J connectivity index is 1.71. The van der Waals surface area contributed by atoms with Gasteiger partial charge < -0.3 is 9.64 Å². The zero-order valence-corrected chi connectivity index (χ0v) is 15.4. The Hall–Kier alpha value is -1.02. The largest absolute Gasteiger partial charge is 0.494 e. The van der Waals surface area contributed by atoms with E-state index in [2.05, 4.69) is 49.9 Å². The van der Waals surface area contributed by atoms with Crippen LogP contribution in [0, 0.1) is 0 Å². The Morgan fingerprint density at radius 3 is 2.35 bits per heavy atom. The number of hydrogen-bond acceptors (Lipinski definition) is 2. The third-order valence-electron chi connectivity index (χ3n) is 5.06. The summed E-state index contributed by atoms with van der Waals surface area (Å²) in [5.41, 5.74) is 1.51. The average Bonchev–Trinajstić information content (AvgIpc) is 2.59. The van der Waals surface area contributed by atoms with Crippen molar-refractivity contribution < 1.29 is 4.74 Å². The van der Waals surface area contributed by atoms with E-state index in [1.807, 2.05) is 0 Å². The third-order valence-corrected chi connectivity index (χ3v) is 5.06. The molecule has 1 fully saturated rings. The van der Waals surface area contributed by atoms with Crippen LogP contribution in [0.15, 0.2) is 24.3 Å². The Kier molecular flexibility index (Phi) is 7.94. The topological polar surface area (TPSA) is 12.5 Å². The minimum absolute atomic E-state index is 0.629. The summed E-state index contributed by atoms with van der Waals surface area (Å²) < 4.78 is 5.93. The van der Waals surface area contributed by atoms with Crippen LogP contribution < -0.4 is 4.74 Å². The second-order valence-corrected chi connectivity index (χ2v) is 7.24. The van der Waals surface area contributed by atoms with Crippen LogP contribution in [0.5, 0.6) is 5.75 Å². The fraction of sp³-hybridized carbons (Fsp3) is 0.714. The van der Waals surface area contributed by atoms with E-state index in [0.717, 1.165) is 31.2 Å². The van der Waals surface area contributed by atoms with Gasteiger partial charge in [0.05, 0.1) is 6.61 Å². The summed E-state index contributed by atoms with van der Waals surface area (Å²) in [4.78, 5) is 2.54. The molecule has 0 aliphatic heterocycles. The SMILES string of the molecule is CCCN(CCCOc1ccc(C2CCCCC2)cc1)C(C)C. The lowest BCUT2D eigenvalue weighted by Gasteiger charge is -2.25. The zero-order valence-electron chi connectivity index (χ0n) is 15.4. The molecule has 1 saturated carbocycles. The van der Waals surface area contributed by atoms with Crippen molar-refractivity contribution in [2.24, 2.45) is 0 Å². The van der Waals surface area contributed by atoms with Crippen LogP contribution in [0.25, 0.3) is 0 Å². The lowest BCUT2D eigenvalue weighted by atomic mass is 9.84. The van der Waals surface area contributed by atoms with Gasteiger partial charge >= 0.3 is 0 Å². The molecule has 0 unspecified atom stereocenters. The highest BCUT2D eigenvalue weighted by Gasteiger charge is 2.15. The predicted molar refractivity (Wildman–Crippen MR) is 99.4 cm³/mol. The number of ether oxygens (including phenoxy) is 1. The van der Waals surface area contributed by atoms with Crippen molar-refractivity contribution >= 4 is 0 Å². The average molecular weight is 318 g/mol. The van der Waals surface area contributed by atoms with Crippen molar-refractivity contribution in [1.29, 1.82) is 0 Å². The highest BCUT2D eigenvalue weighted by molar-refractivity contribution is 5.29. The summed E-state index contributed by atoms with van der Waals surface area (Å²) in [6.07, 6.45) is 9.26. The lowest BCUT2D eigenvalue weighted by Crippen LogP contribution is -2.33. The number of nitrogens with zero attached hydrogens (tertiary/aromatic N) is 1. The van der Waals surface area contributed by atoms with E-state index >= 15 is 0 Å². The molecule has 1 aliphatic rings.